The smallest absolute Gasteiger partial charge is 0.0725 e. The van der Waals surface area contributed by atoms with Crippen LogP contribution in [0, 0.1) is 0 Å². The van der Waals surface area contributed by atoms with Crippen LogP contribution >= 0.6 is 11.3 Å². The average Bonchev–Trinajstić information content (AvgIpc) is 4.00. The van der Waals surface area contributed by atoms with E-state index in [0.29, 0.717) is 0 Å². The van der Waals surface area contributed by atoms with Gasteiger partial charge in [0.05, 0.1) is 21.4 Å². The van der Waals surface area contributed by atoms with Crippen molar-refractivity contribution in [2.75, 3.05) is 9.80 Å². The molecular weight excluding hydrogens is 807 g/mol. The molecule has 3 aromatic heterocycles. The summed E-state index contributed by atoms with van der Waals surface area (Å²) in [6.07, 6.45) is 0. The number of hydrogen-bond acceptors (Lipinski definition) is 3. The maximum Gasteiger partial charge on any atom is 0.0725 e. The zero-order valence-electron chi connectivity index (χ0n) is 38.5. The fourth-order valence-electron chi connectivity index (χ4n) is 10.8. The van der Waals surface area contributed by atoms with E-state index < -0.39 is 0 Å². The highest BCUT2D eigenvalue weighted by Crippen LogP contribution is 2.59. The summed E-state index contributed by atoms with van der Waals surface area (Å²) in [7, 11) is 0. The summed E-state index contributed by atoms with van der Waals surface area (Å²) in [6, 6.07) is 65.9. The first kappa shape index (κ1) is 39.7. The van der Waals surface area contributed by atoms with Gasteiger partial charge in [0.25, 0.3) is 0 Å². The Morgan fingerprint density at radius 1 is 0.477 bits per heavy atom. The lowest BCUT2D eigenvalue weighted by Crippen LogP contribution is -2.17. The second-order valence-corrected chi connectivity index (χ2v) is 21.7. The highest BCUT2D eigenvalue weighted by Gasteiger charge is 2.42. The molecule has 318 valence electrons. The van der Waals surface area contributed by atoms with Gasteiger partial charge in [0.15, 0.2) is 0 Å². The molecule has 0 amide bonds. The summed E-state index contributed by atoms with van der Waals surface area (Å²) < 4.78 is 5.35. The van der Waals surface area contributed by atoms with Crippen molar-refractivity contribution in [3.8, 4) is 11.1 Å². The van der Waals surface area contributed by atoms with E-state index in [4.69, 9.17) is 0 Å². The molecule has 0 atom stereocenters. The molecule has 0 aliphatic heterocycles. The lowest BCUT2D eigenvalue weighted by atomic mass is 9.85. The van der Waals surface area contributed by atoms with Crippen molar-refractivity contribution < 1.29 is 0 Å². The molecule has 0 fully saturated rings. The quantitative estimate of drug-likeness (QED) is 0.165. The third kappa shape index (κ3) is 6.00. The molecule has 3 nitrogen and oxygen atoms in total. The van der Waals surface area contributed by atoms with Gasteiger partial charge in [0, 0.05) is 66.0 Å². The van der Waals surface area contributed by atoms with Crippen molar-refractivity contribution in [2.45, 2.75) is 71.6 Å². The molecule has 4 heteroatoms. The Labute approximate surface area is 386 Å². The van der Waals surface area contributed by atoms with Gasteiger partial charge < -0.3 is 14.2 Å². The van der Waals surface area contributed by atoms with Crippen LogP contribution in [0.1, 0.15) is 77.8 Å². The summed E-state index contributed by atoms with van der Waals surface area (Å²) in [6.45, 7) is 18.6. The highest BCUT2D eigenvalue weighted by atomic mass is 32.1. The molecule has 1 aliphatic rings. The first-order valence-electron chi connectivity index (χ1n) is 23.0. The Hall–Kier alpha value is -6.88. The van der Waals surface area contributed by atoms with Crippen molar-refractivity contribution >= 4 is 92.8 Å². The van der Waals surface area contributed by atoms with Gasteiger partial charge in [-0.05, 0) is 129 Å². The van der Waals surface area contributed by atoms with Gasteiger partial charge in [-0.3, -0.25) is 0 Å². The lowest BCUT2D eigenvalue weighted by molar-refractivity contribution is 0.590. The van der Waals surface area contributed by atoms with Crippen molar-refractivity contribution in [1.82, 2.24) is 4.40 Å². The number of rotatable bonds is 6. The Morgan fingerprint density at radius 2 is 1.03 bits per heavy atom. The number of hydrogen-bond donors (Lipinski definition) is 0. The predicted octanol–water partition coefficient (Wildman–Crippen LogP) is 17.9. The van der Waals surface area contributed by atoms with E-state index in [2.05, 4.69) is 246 Å². The fourth-order valence-corrected chi connectivity index (χ4v) is 12.1. The van der Waals surface area contributed by atoms with E-state index in [1.807, 2.05) is 11.3 Å². The summed E-state index contributed by atoms with van der Waals surface area (Å²) in [5.41, 5.74) is 17.6. The number of aromatic nitrogens is 1. The van der Waals surface area contributed by atoms with Crippen LogP contribution in [0.4, 0.5) is 34.1 Å². The lowest BCUT2D eigenvalue weighted by Gasteiger charge is -2.28. The van der Waals surface area contributed by atoms with Gasteiger partial charge in [-0.2, -0.15) is 0 Å². The minimum absolute atomic E-state index is 0.0594. The monoisotopic (exact) mass is 859 g/mol. The van der Waals surface area contributed by atoms with Crippen molar-refractivity contribution in [2.24, 2.45) is 0 Å². The summed E-state index contributed by atoms with van der Waals surface area (Å²) in [5, 5.41) is 6.42. The molecule has 1 aliphatic carbocycles. The molecule has 0 bridgehead atoms. The van der Waals surface area contributed by atoms with E-state index in [9.17, 15) is 0 Å². The summed E-state index contributed by atoms with van der Waals surface area (Å²) in [5.74, 6) is 0. The van der Waals surface area contributed by atoms with Crippen molar-refractivity contribution in [3.63, 3.8) is 0 Å². The van der Waals surface area contributed by atoms with E-state index in [0.717, 1.165) is 28.4 Å². The standard InChI is InChI=1S/C61H53N3S/c1-59(2,3)40-24-29-44(30-25-40)62(42-17-11-9-12-18-42)46-28-23-38-37-52-49(36-39(38)35-46)56-57(65-52)48-33-34-51(54-53-47-21-15-16-22-50(47)61(7,8)58(53)64(56)55(48)54)63(43-19-13-10-14-20-43)45-31-26-41(27-32-45)60(4,5)6/h9-37H,1-8H3. The van der Waals surface area contributed by atoms with Gasteiger partial charge in [-0.25, -0.2) is 0 Å². The van der Waals surface area contributed by atoms with Gasteiger partial charge in [-0.15, -0.1) is 11.3 Å². The van der Waals surface area contributed by atoms with Gasteiger partial charge >= 0.3 is 0 Å². The van der Waals surface area contributed by atoms with Gasteiger partial charge in [0.2, 0.25) is 0 Å². The molecule has 0 spiro atoms. The van der Waals surface area contributed by atoms with Crippen LogP contribution in [0.25, 0.3) is 58.5 Å². The average molecular weight is 860 g/mol. The first-order chi connectivity index (χ1) is 31.3. The molecule has 65 heavy (non-hydrogen) atoms. The molecule has 8 aromatic carbocycles. The molecule has 3 heterocycles. The third-order valence-electron chi connectivity index (χ3n) is 14.1. The number of benzene rings is 8. The molecule has 0 unspecified atom stereocenters. The van der Waals surface area contributed by atoms with E-state index >= 15 is 0 Å². The number of para-hydroxylation sites is 2. The van der Waals surface area contributed by atoms with E-state index in [-0.39, 0.29) is 16.2 Å². The number of fused-ring (bicyclic) bond motifs is 11. The summed E-state index contributed by atoms with van der Waals surface area (Å²) >= 11 is 1.94. The van der Waals surface area contributed by atoms with E-state index in [1.165, 1.54) is 86.6 Å². The topological polar surface area (TPSA) is 10.9 Å². The largest absolute Gasteiger partial charge is 0.310 e. The third-order valence-corrected chi connectivity index (χ3v) is 15.3. The molecule has 12 rings (SSSR count). The predicted molar refractivity (Wildman–Crippen MR) is 281 cm³/mol. The molecule has 0 saturated heterocycles. The first-order valence-corrected chi connectivity index (χ1v) is 23.8. The second-order valence-electron chi connectivity index (χ2n) is 20.7. The zero-order chi connectivity index (χ0) is 44.6. The Kier molecular flexibility index (Phi) is 8.58. The van der Waals surface area contributed by atoms with Crippen molar-refractivity contribution in [1.29, 1.82) is 0 Å². The molecular formula is C61H53N3S. The SMILES string of the molecule is CC(C)(C)c1ccc(N(c2ccccc2)c2ccc3cc4sc5c6ccc(N(c7ccccc7)c7ccc(C(C)(C)C)cc7)c7c8c(n(c76)c5c4cc3c2)C(C)(C)c2ccccc2-8)cc1. The number of thiophene rings is 1. The molecule has 0 saturated carbocycles. The van der Waals surface area contributed by atoms with Crippen LogP contribution in [-0.2, 0) is 16.2 Å². The maximum atomic E-state index is 2.69. The zero-order valence-corrected chi connectivity index (χ0v) is 39.3. The van der Waals surface area contributed by atoms with E-state index in [1.54, 1.807) is 0 Å². The normalized spacial score (nSPS) is 13.7. The maximum absolute atomic E-state index is 2.69. The number of nitrogens with zero attached hydrogens (tertiary/aromatic N) is 3. The molecule has 0 radical (unpaired) electrons. The second kappa shape index (κ2) is 14.1. The van der Waals surface area contributed by atoms with Gasteiger partial charge in [-0.1, -0.05) is 146 Å². The summed E-state index contributed by atoms with van der Waals surface area (Å²) in [4.78, 5) is 4.88. The Morgan fingerprint density at radius 3 is 1.66 bits per heavy atom. The highest BCUT2D eigenvalue weighted by molar-refractivity contribution is 7.26. The fraction of sp³-hybridized carbons (Fsp3) is 0.180. The van der Waals surface area contributed by atoms with Crippen molar-refractivity contribution in [3.05, 3.63) is 198 Å². The minimum atomic E-state index is -0.232. The van der Waals surface area contributed by atoms with Crippen LogP contribution in [-0.4, -0.2) is 4.40 Å². The molecule has 11 aromatic rings. The number of anilines is 6. The van der Waals surface area contributed by atoms with Crippen LogP contribution < -0.4 is 9.80 Å². The molecule has 0 N–H and O–H groups in total. The minimum Gasteiger partial charge on any atom is -0.310 e. The van der Waals surface area contributed by atoms with Crippen LogP contribution in [0.3, 0.4) is 0 Å². The van der Waals surface area contributed by atoms with Crippen LogP contribution in [0.5, 0.6) is 0 Å². The van der Waals surface area contributed by atoms with Gasteiger partial charge in [0.1, 0.15) is 0 Å². The van der Waals surface area contributed by atoms with Crippen LogP contribution in [0.15, 0.2) is 176 Å². The Balaban J connectivity index is 1.12. The van der Waals surface area contributed by atoms with Crippen LogP contribution in [0.2, 0.25) is 0 Å². The Bertz CT molecular complexity index is 3620.